The van der Waals surface area contributed by atoms with Gasteiger partial charge in [-0.05, 0) is 56.2 Å². The van der Waals surface area contributed by atoms with Gasteiger partial charge in [0.15, 0.2) is 0 Å². The lowest BCUT2D eigenvalue weighted by atomic mass is 10.1. The van der Waals surface area contributed by atoms with E-state index in [-0.39, 0.29) is 5.91 Å². The van der Waals surface area contributed by atoms with Crippen molar-refractivity contribution < 1.29 is 4.79 Å². The quantitative estimate of drug-likeness (QED) is 0.844. The van der Waals surface area contributed by atoms with Gasteiger partial charge in [0.1, 0.15) is 5.15 Å². The average Bonchev–Trinajstić information content (AvgIpc) is 2.36. The first kappa shape index (κ1) is 13.6. The van der Waals surface area contributed by atoms with Crippen LogP contribution in [0.3, 0.4) is 0 Å². The summed E-state index contributed by atoms with van der Waals surface area (Å²) in [6.45, 7) is 5.81. The standard InChI is InChI=1S/C15H15ClN2O/c1-9-4-5-12(8-10(9)2)15(19)18-13-6-7-14(16)17-11(13)3/h4-8H,1-3H3,(H,18,19). The predicted octanol–water partition coefficient (Wildman–Crippen LogP) is 3.91. The fourth-order valence-corrected chi connectivity index (χ4v) is 1.93. The van der Waals surface area contributed by atoms with Crippen LogP contribution in [0.25, 0.3) is 0 Å². The second-order valence-corrected chi connectivity index (χ2v) is 4.91. The van der Waals surface area contributed by atoms with Crippen molar-refractivity contribution in [1.82, 2.24) is 4.98 Å². The Morgan fingerprint density at radius 3 is 2.47 bits per heavy atom. The summed E-state index contributed by atoms with van der Waals surface area (Å²) in [5.41, 5.74) is 4.27. The van der Waals surface area contributed by atoms with E-state index in [0.29, 0.717) is 22.1 Å². The molecule has 0 atom stereocenters. The van der Waals surface area contributed by atoms with Gasteiger partial charge < -0.3 is 5.32 Å². The van der Waals surface area contributed by atoms with Gasteiger partial charge in [0.05, 0.1) is 11.4 Å². The normalized spacial score (nSPS) is 10.3. The van der Waals surface area contributed by atoms with Gasteiger partial charge in [-0.1, -0.05) is 17.7 Å². The predicted molar refractivity (Wildman–Crippen MR) is 77.9 cm³/mol. The van der Waals surface area contributed by atoms with Crippen LogP contribution in [-0.4, -0.2) is 10.9 Å². The number of nitrogens with one attached hydrogen (secondary N) is 1. The van der Waals surface area contributed by atoms with Gasteiger partial charge in [-0.3, -0.25) is 4.79 Å². The minimum atomic E-state index is -0.143. The maximum atomic E-state index is 12.1. The molecule has 0 aliphatic heterocycles. The Labute approximate surface area is 117 Å². The molecule has 19 heavy (non-hydrogen) atoms. The SMILES string of the molecule is Cc1ccc(C(=O)Nc2ccc(Cl)nc2C)cc1C. The summed E-state index contributed by atoms with van der Waals surface area (Å²) >= 11 is 5.78. The van der Waals surface area contributed by atoms with Crippen molar-refractivity contribution >= 4 is 23.2 Å². The molecule has 1 N–H and O–H groups in total. The molecule has 1 aromatic carbocycles. The first-order valence-corrected chi connectivity index (χ1v) is 6.37. The van der Waals surface area contributed by atoms with Gasteiger partial charge >= 0.3 is 0 Å². The number of rotatable bonds is 2. The Morgan fingerprint density at radius 2 is 1.84 bits per heavy atom. The van der Waals surface area contributed by atoms with E-state index in [0.717, 1.165) is 5.56 Å². The Bertz CT molecular complexity index is 638. The average molecular weight is 275 g/mol. The number of hydrogen-bond donors (Lipinski definition) is 1. The van der Waals surface area contributed by atoms with Crippen LogP contribution in [0.1, 0.15) is 27.2 Å². The van der Waals surface area contributed by atoms with Crippen molar-refractivity contribution in [1.29, 1.82) is 0 Å². The lowest BCUT2D eigenvalue weighted by Gasteiger charge is -2.09. The van der Waals surface area contributed by atoms with E-state index in [1.165, 1.54) is 5.56 Å². The highest BCUT2D eigenvalue weighted by Gasteiger charge is 2.09. The number of aryl methyl sites for hydroxylation is 3. The van der Waals surface area contributed by atoms with Crippen molar-refractivity contribution in [3.05, 3.63) is 57.9 Å². The zero-order valence-corrected chi connectivity index (χ0v) is 11.9. The van der Waals surface area contributed by atoms with E-state index in [9.17, 15) is 4.79 Å². The van der Waals surface area contributed by atoms with E-state index < -0.39 is 0 Å². The summed E-state index contributed by atoms with van der Waals surface area (Å²) in [6, 6.07) is 9.05. The molecule has 0 spiro atoms. The van der Waals surface area contributed by atoms with Gasteiger partial charge in [-0.15, -0.1) is 0 Å². The lowest BCUT2D eigenvalue weighted by Crippen LogP contribution is -2.13. The molecular weight excluding hydrogens is 260 g/mol. The maximum absolute atomic E-state index is 12.1. The van der Waals surface area contributed by atoms with Crippen LogP contribution < -0.4 is 5.32 Å². The fraction of sp³-hybridized carbons (Fsp3) is 0.200. The number of hydrogen-bond acceptors (Lipinski definition) is 2. The van der Waals surface area contributed by atoms with Crippen molar-refractivity contribution in [2.75, 3.05) is 5.32 Å². The van der Waals surface area contributed by atoms with Crippen LogP contribution in [0.2, 0.25) is 5.15 Å². The third kappa shape index (κ3) is 3.12. The molecule has 3 nitrogen and oxygen atoms in total. The molecule has 98 valence electrons. The van der Waals surface area contributed by atoms with E-state index in [1.54, 1.807) is 12.1 Å². The Morgan fingerprint density at radius 1 is 1.11 bits per heavy atom. The topological polar surface area (TPSA) is 42.0 Å². The number of carbonyl (C=O) groups is 1. The monoisotopic (exact) mass is 274 g/mol. The number of pyridine rings is 1. The Kier molecular flexibility index (Phi) is 3.86. The van der Waals surface area contributed by atoms with E-state index in [4.69, 9.17) is 11.6 Å². The van der Waals surface area contributed by atoms with Crippen LogP contribution in [0.15, 0.2) is 30.3 Å². The molecule has 0 aliphatic rings. The third-order valence-corrected chi connectivity index (χ3v) is 3.28. The summed E-state index contributed by atoms with van der Waals surface area (Å²) in [4.78, 5) is 16.2. The Hall–Kier alpha value is -1.87. The summed E-state index contributed by atoms with van der Waals surface area (Å²) in [7, 11) is 0. The molecule has 2 rings (SSSR count). The largest absolute Gasteiger partial charge is 0.320 e. The molecule has 0 bridgehead atoms. The number of benzene rings is 1. The summed E-state index contributed by atoms with van der Waals surface area (Å²) in [5.74, 6) is -0.143. The van der Waals surface area contributed by atoms with Crippen LogP contribution in [-0.2, 0) is 0 Å². The third-order valence-electron chi connectivity index (χ3n) is 3.07. The maximum Gasteiger partial charge on any atom is 0.255 e. The molecule has 0 fully saturated rings. The lowest BCUT2D eigenvalue weighted by molar-refractivity contribution is 0.102. The van der Waals surface area contributed by atoms with Gasteiger partial charge in [0.25, 0.3) is 5.91 Å². The highest BCUT2D eigenvalue weighted by molar-refractivity contribution is 6.29. The van der Waals surface area contributed by atoms with E-state index in [1.807, 2.05) is 39.0 Å². The van der Waals surface area contributed by atoms with Crippen LogP contribution in [0, 0.1) is 20.8 Å². The molecule has 4 heteroatoms. The molecule has 1 heterocycles. The highest BCUT2D eigenvalue weighted by Crippen LogP contribution is 2.17. The summed E-state index contributed by atoms with van der Waals surface area (Å²) in [5, 5.41) is 3.26. The number of nitrogens with zero attached hydrogens (tertiary/aromatic N) is 1. The molecule has 2 aromatic rings. The molecule has 0 saturated carbocycles. The zero-order valence-electron chi connectivity index (χ0n) is 11.1. The van der Waals surface area contributed by atoms with E-state index in [2.05, 4.69) is 10.3 Å². The number of amides is 1. The smallest absolute Gasteiger partial charge is 0.255 e. The number of halogens is 1. The Balaban J connectivity index is 2.23. The number of aromatic nitrogens is 1. The van der Waals surface area contributed by atoms with Gasteiger partial charge in [-0.25, -0.2) is 4.98 Å². The van der Waals surface area contributed by atoms with Crippen molar-refractivity contribution in [3.8, 4) is 0 Å². The molecule has 1 aromatic heterocycles. The van der Waals surface area contributed by atoms with Gasteiger partial charge in [0, 0.05) is 5.56 Å². The van der Waals surface area contributed by atoms with E-state index >= 15 is 0 Å². The molecule has 1 amide bonds. The minimum absolute atomic E-state index is 0.143. The number of carbonyl (C=O) groups excluding carboxylic acids is 1. The van der Waals surface area contributed by atoms with Crippen LogP contribution in [0.4, 0.5) is 5.69 Å². The second-order valence-electron chi connectivity index (χ2n) is 4.52. The first-order valence-electron chi connectivity index (χ1n) is 5.99. The molecular formula is C15H15ClN2O. The summed E-state index contributed by atoms with van der Waals surface area (Å²) in [6.07, 6.45) is 0. The van der Waals surface area contributed by atoms with Crippen LogP contribution in [0.5, 0.6) is 0 Å². The van der Waals surface area contributed by atoms with Gasteiger partial charge in [-0.2, -0.15) is 0 Å². The highest BCUT2D eigenvalue weighted by atomic mass is 35.5. The first-order chi connectivity index (χ1) is 8.97. The van der Waals surface area contributed by atoms with Crippen molar-refractivity contribution in [3.63, 3.8) is 0 Å². The van der Waals surface area contributed by atoms with Crippen molar-refractivity contribution in [2.45, 2.75) is 20.8 Å². The molecule has 0 saturated heterocycles. The molecule has 0 unspecified atom stereocenters. The summed E-state index contributed by atoms with van der Waals surface area (Å²) < 4.78 is 0. The number of anilines is 1. The van der Waals surface area contributed by atoms with Crippen molar-refractivity contribution in [2.24, 2.45) is 0 Å². The molecule has 0 aliphatic carbocycles. The molecule has 0 radical (unpaired) electrons. The second kappa shape index (κ2) is 5.41. The van der Waals surface area contributed by atoms with Gasteiger partial charge in [0.2, 0.25) is 0 Å². The minimum Gasteiger partial charge on any atom is -0.320 e. The fourth-order valence-electron chi connectivity index (χ4n) is 1.74. The van der Waals surface area contributed by atoms with Crippen LogP contribution >= 0.6 is 11.6 Å². The zero-order chi connectivity index (χ0) is 14.0.